The van der Waals surface area contributed by atoms with E-state index in [0.717, 1.165) is 12.1 Å². The molecule has 2 N–H and O–H groups in total. The molecule has 0 bridgehead atoms. The van der Waals surface area contributed by atoms with E-state index in [0.29, 0.717) is 12.1 Å². The van der Waals surface area contributed by atoms with Gasteiger partial charge in [0, 0.05) is 18.3 Å². The van der Waals surface area contributed by atoms with Crippen LogP contribution in [0.15, 0.2) is 36.4 Å². The number of likely N-dealkylation sites (N-methyl/N-ethyl adjacent to an activating group) is 1. The van der Waals surface area contributed by atoms with Gasteiger partial charge in [-0.15, -0.1) is 0 Å². The van der Waals surface area contributed by atoms with Gasteiger partial charge in [0.2, 0.25) is 11.8 Å². The summed E-state index contributed by atoms with van der Waals surface area (Å²) in [6, 6.07) is 7.45. The number of carbonyl (C=O) groups is 2. The number of nitrogens with zero attached hydrogens (tertiary/aromatic N) is 1. The van der Waals surface area contributed by atoms with Gasteiger partial charge in [-0.25, -0.2) is 13.2 Å². The van der Waals surface area contributed by atoms with E-state index in [-0.39, 0.29) is 24.5 Å². The predicted molar refractivity (Wildman–Crippen MR) is 97.3 cm³/mol. The smallest absolute Gasteiger partial charge is 0.243 e. The fraction of sp³-hybridized carbons (Fsp3) is 0.263. The van der Waals surface area contributed by atoms with Crippen molar-refractivity contribution in [2.75, 3.05) is 32.6 Å². The Balaban J connectivity index is 1.77. The fourth-order valence-corrected chi connectivity index (χ4v) is 2.43. The Labute approximate surface area is 160 Å². The molecule has 0 aliphatic carbocycles. The lowest BCUT2D eigenvalue weighted by molar-refractivity contribution is -0.124. The second kappa shape index (κ2) is 9.75. The molecule has 0 saturated carbocycles. The third-order valence-corrected chi connectivity index (χ3v) is 3.73. The van der Waals surface area contributed by atoms with Gasteiger partial charge in [-0.3, -0.25) is 14.5 Å². The molecular weight excluding hydrogens is 375 g/mol. The number of hydrogen-bond acceptors (Lipinski definition) is 4. The van der Waals surface area contributed by atoms with E-state index in [1.807, 2.05) is 0 Å². The number of hydrogen-bond donors (Lipinski definition) is 2. The first kappa shape index (κ1) is 21.2. The van der Waals surface area contributed by atoms with Gasteiger partial charge in [-0.1, -0.05) is 6.07 Å². The molecule has 0 aliphatic heterocycles. The average molecular weight is 395 g/mol. The van der Waals surface area contributed by atoms with Crippen molar-refractivity contribution in [3.63, 3.8) is 0 Å². The second-order valence-corrected chi connectivity index (χ2v) is 6.09. The number of rotatable bonds is 8. The Bertz CT molecular complexity index is 862. The molecule has 2 aromatic carbocycles. The monoisotopic (exact) mass is 395 g/mol. The van der Waals surface area contributed by atoms with Crippen molar-refractivity contribution < 1.29 is 27.5 Å². The Morgan fingerprint density at radius 2 is 1.75 bits per heavy atom. The zero-order valence-electron chi connectivity index (χ0n) is 15.4. The van der Waals surface area contributed by atoms with Crippen LogP contribution in [-0.4, -0.2) is 44.0 Å². The van der Waals surface area contributed by atoms with Crippen LogP contribution in [0.5, 0.6) is 5.75 Å². The summed E-state index contributed by atoms with van der Waals surface area (Å²) in [6.07, 6.45) is 0. The molecule has 0 fully saturated rings. The topological polar surface area (TPSA) is 70.7 Å². The summed E-state index contributed by atoms with van der Waals surface area (Å²) >= 11 is 0. The number of nitrogens with one attached hydrogen (secondary N) is 2. The van der Waals surface area contributed by atoms with Gasteiger partial charge in [-0.2, -0.15) is 0 Å². The first-order valence-corrected chi connectivity index (χ1v) is 8.31. The van der Waals surface area contributed by atoms with Gasteiger partial charge in [0.25, 0.3) is 0 Å². The summed E-state index contributed by atoms with van der Waals surface area (Å²) in [4.78, 5) is 25.4. The number of amides is 2. The lowest BCUT2D eigenvalue weighted by Gasteiger charge is -2.16. The summed E-state index contributed by atoms with van der Waals surface area (Å²) < 4.78 is 44.5. The number of anilines is 1. The van der Waals surface area contributed by atoms with Crippen LogP contribution in [-0.2, 0) is 16.1 Å². The predicted octanol–water partition coefficient (Wildman–Crippen LogP) is 2.30. The van der Waals surface area contributed by atoms with E-state index in [1.165, 1.54) is 25.3 Å². The molecule has 2 rings (SSSR count). The van der Waals surface area contributed by atoms with Gasteiger partial charge in [0.15, 0.2) is 23.2 Å². The van der Waals surface area contributed by atoms with Crippen LogP contribution in [0.4, 0.5) is 18.9 Å². The number of carbonyl (C=O) groups excluding carboxylic acids is 2. The minimum Gasteiger partial charge on any atom is -0.494 e. The van der Waals surface area contributed by atoms with Crippen molar-refractivity contribution in [1.82, 2.24) is 10.2 Å². The minimum absolute atomic E-state index is 0.0217. The molecule has 0 spiro atoms. The van der Waals surface area contributed by atoms with Gasteiger partial charge < -0.3 is 15.4 Å². The number of methoxy groups -OCH3 is 1. The first-order chi connectivity index (χ1) is 13.3. The van der Waals surface area contributed by atoms with Crippen LogP contribution in [0.2, 0.25) is 0 Å². The molecule has 0 aromatic heterocycles. The molecule has 2 amide bonds. The molecule has 28 heavy (non-hydrogen) atoms. The standard InChI is InChI=1S/C19H20F3N3O3/c1-25(10-12-3-6-17(28-2)16(22)7-12)11-19(27)23-9-18(26)24-13-4-5-14(20)15(21)8-13/h3-8H,9-11H2,1-2H3,(H,23,27)(H,24,26). The van der Waals surface area contributed by atoms with Crippen molar-refractivity contribution in [2.24, 2.45) is 0 Å². The molecular formula is C19H20F3N3O3. The third kappa shape index (κ3) is 6.27. The normalized spacial score (nSPS) is 10.6. The van der Waals surface area contributed by atoms with Crippen LogP contribution in [0.3, 0.4) is 0 Å². The van der Waals surface area contributed by atoms with Crippen molar-refractivity contribution in [3.8, 4) is 5.75 Å². The molecule has 0 radical (unpaired) electrons. The molecule has 2 aromatic rings. The Kier molecular flexibility index (Phi) is 7.39. The Morgan fingerprint density at radius 3 is 2.39 bits per heavy atom. The van der Waals surface area contributed by atoms with Crippen LogP contribution < -0.4 is 15.4 Å². The molecule has 0 heterocycles. The second-order valence-electron chi connectivity index (χ2n) is 6.09. The molecule has 9 heteroatoms. The van der Waals surface area contributed by atoms with Gasteiger partial charge in [-0.05, 0) is 36.9 Å². The third-order valence-electron chi connectivity index (χ3n) is 3.73. The van der Waals surface area contributed by atoms with Gasteiger partial charge in [0.05, 0.1) is 20.2 Å². The first-order valence-electron chi connectivity index (χ1n) is 8.31. The Morgan fingerprint density at radius 1 is 1.00 bits per heavy atom. The van der Waals surface area contributed by atoms with E-state index in [4.69, 9.17) is 4.74 Å². The summed E-state index contributed by atoms with van der Waals surface area (Å²) in [5, 5.41) is 4.77. The minimum atomic E-state index is -1.08. The lowest BCUT2D eigenvalue weighted by Crippen LogP contribution is -2.39. The number of ether oxygens (including phenoxy) is 1. The largest absolute Gasteiger partial charge is 0.494 e. The maximum absolute atomic E-state index is 13.7. The quantitative estimate of drug-likeness (QED) is 0.720. The fourth-order valence-electron chi connectivity index (χ4n) is 2.43. The average Bonchev–Trinajstić information content (AvgIpc) is 2.63. The van der Waals surface area contributed by atoms with E-state index in [1.54, 1.807) is 18.0 Å². The van der Waals surface area contributed by atoms with E-state index in [9.17, 15) is 22.8 Å². The molecule has 0 aliphatic rings. The number of halogens is 3. The van der Waals surface area contributed by atoms with Crippen LogP contribution >= 0.6 is 0 Å². The zero-order valence-corrected chi connectivity index (χ0v) is 15.4. The van der Waals surface area contributed by atoms with Crippen molar-refractivity contribution in [1.29, 1.82) is 0 Å². The lowest BCUT2D eigenvalue weighted by atomic mass is 10.2. The molecule has 0 unspecified atom stereocenters. The molecule has 150 valence electrons. The number of benzene rings is 2. The highest BCUT2D eigenvalue weighted by molar-refractivity contribution is 5.94. The summed E-state index contributed by atoms with van der Waals surface area (Å²) in [6.45, 7) is -0.0374. The van der Waals surface area contributed by atoms with Crippen molar-refractivity contribution in [2.45, 2.75) is 6.54 Å². The summed E-state index contributed by atoms with van der Waals surface area (Å²) in [5.74, 6) is -3.47. The van der Waals surface area contributed by atoms with Crippen molar-refractivity contribution in [3.05, 3.63) is 59.4 Å². The van der Waals surface area contributed by atoms with E-state index >= 15 is 0 Å². The highest BCUT2D eigenvalue weighted by Gasteiger charge is 2.11. The van der Waals surface area contributed by atoms with Crippen LogP contribution in [0.1, 0.15) is 5.56 Å². The van der Waals surface area contributed by atoms with Gasteiger partial charge >= 0.3 is 0 Å². The highest BCUT2D eigenvalue weighted by atomic mass is 19.2. The molecule has 6 nitrogen and oxygen atoms in total. The van der Waals surface area contributed by atoms with Crippen LogP contribution in [0, 0.1) is 17.5 Å². The maximum atomic E-state index is 13.7. The molecule has 0 atom stereocenters. The summed E-state index contributed by atoms with van der Waals surface area (Å²) in [7, 11) is 3.04. The van der Waals surface area contributed by atoms with E-state index < -0.39 is 29.3 Å². The SMILES string of the molecule is COc1ccc(CN(C)CC(=O)NCC(=O)Nc2ccc(F)c(F)c2)cc1F. The highest BCUT2D eigenvalue weighted by Crippen LogP contribution is 2.18. The van der Waals surface area contributed by atoms with E-state index in [2.05, 4.69) is 10.6 Å². The van der Waals surface area contributed by atoms with Gasteiger partial charge in [0.1, 0.15) is 0 Å². The van der Waals surface area contributed by atoms with Crippen LogP contribution in [0.25, 0.3) is 0 Å². The summed E-state index contributed by atoms with van der Waals surface area (Å²) in [5.41, 5.74) is 0.737. The zero-order chi connectivity index (χ0) is 20.7. The maximum Gasteiger partial charge on any atom is 0.243 e. The van der Waals surface area contributed by atoms with Crippen molar-refractivity contribution >= 4 is 17.5 Å². The molecule has 0 saturated heterocycles. The Hall–Kier alpha value is -3.07.